The van der Waals surface area contributed by atoms with Gasteiger partial charge in [-0.3, -0.25) is 9.59 Å². The van der Waals surface area contributed by atoms with Gasteiger partial charge >= 0.3 is 0 Å². The van der Waals surface area contributed by atoms with Crippen molar-refractivity contribution in [1.29, 1.82) is 0 Å². The molecule has 3 aromatic carbocycles. The normalized spacial score (nSPS) is 13.7. The smallest absolute Gasteiger partial charge is 0.282 e. The highest BCUT2D eigenvalue weighted by atomic mass is 16.5. The van der Waals surface area contributed by atoms with Crippen molar-refractivity contribution in [2.75, 3.05) is 24.0 Å². The Morgan fingerprint density at radius 3 is 2.13 bits per heavy atom. The third-order valence-corrected chi connectivity index (χ3v) is 5.52. The molecule has 0 fully saturated rings. The number of carbonyl (C=O) groups is 2. The summed E-state index contributed by atoms with van der Waals surface area (Å²) < 4.78 is 5.51. The molecule has 31 heavy (non-hydrogen) atoms. The molecule has 4 rings (SSSR count). The topological polar surface area (TPSA) is 49.9 Å². The molecule has 0 aromatic heterocycles. The quantitative estimate of drug-likeness (QED) is 0.552. The van der Waals surface area contributed by atoms with Crippen molar-refractivity contribution in [1.82, 2.24) is 0 Å². The van der Waals surface area contributed by atoms with Crippen LogP contribution in [0.3, 0.4) is 0 Å². The van der Waals surface area contributed by atoms with E-state index in [0.29, 0.717) is 28.3 Å². The number of nitrogens with zero attached hydrogens (tertiary/aromatic N) is 2. The van der Waals surface area contributed by atoms with Crippen LogP contribution in [0.15, 0.2) is 84.6 Å². The number of imide groups is 1. The number of amides is 2. The van der Waals surface area contributed by atoms with Gasteiger partial charge in [-0.15, -0.1) is 0 Å². The first kappa shape index (κ1) is 20.4. The van der Waals surface area contributed by atoms with E-state index in [1.807, 2.05) is 72.8 Å². The molecule has 0 aliphatic carbocycles. The van der Waals surface area contributed by atoms with Crippen LogP contribution in [0.25, 0.3) is 5.57 Å². The SMILES string of the molecule is CCc1ccc(N2C(=O)C(c3ccccc3OC)=C(N(C)c3ccccc3)C2=O)cc1. The summed E-state index contributed by atoms with van der Waals surface area (Å²) in [6.07, 6.45) is 0.884. The highest BCUT2D eigenvalue weighted by molar-refractivity contribution is 6.46. The van der Waals surface area contributed by atoms with Crippen molar-refractivity contribution in [3.8, 4) is 5.75 Å². The minimum atomic E-state index is -0.364. The molecular formula is C26H24N2O3. The Labute approximate surface area is 182 Å². The highest BCUT2D eigenvalue weighted by Crippen LogP contribution is 2.39. The molecule has 0 saturated carbocycles. The summed E-state index contributed by atoms with van der Waals surface area (Å²) in [6, 6.07) is 24.3. The minimum absolute atomic E-state index is 0.320. The van der Waals surface area contributed by atoms with Crippen molar-refractivity contribution in [2.45, 2.75) is 13.3 Å². The van der Waals surface area contributed by atoms with E-state index in [9.17, 15) is 9.59 Å². The maximum absolute atomic E-state index is 13.7. The molecular weight excluding hydrogens is 388 g/mol. The summed E-state index contributed by atoms with van der Waals surface area (Å²) in [5.74, 6) is -0.182. The van der Waals surface area contributed by atoms with E-state index < -0.39 is 0 Å². The van der Waals surface area contributed by atoms with Crippen LogP contribution in [0.5, 0.6) is 5.75 Å². The van der Waals surface area contributed by atoms with Crippen molar-refractivity contribution < 1.29 is 14.3 Å². The summed E-state index contributed by atoms with van der Waals surface area (Å²) in [4.78, 5) is 30.3. The first-order chi connectivity index (χ1) is 15.1. The predicted molar refractivity (Wildman–Crippen MR) is 123 cm³/mol. The Hall–Kier alpha value is -3.86. The second-order valence-electron chi connectivity index (χ2n) is 7.28. The predicted octanol–water partition coefficient (Wildman–Crippen LogP) is 4.68. The average Bonchev–Trinajstić information content (AvgIpc) is 3.08. The van der Waals surface area contributed by atoms with Crippen molar-refractivity contribution in [3.05, 3.63) is 95.7 Å². The zero-order valence-electron chi connectivity index (χ0n) is 17.8. The van der Waals surface area contributed by atoms with Gasteiger partial charge in [-0.2, -0.15) is 0 Å². The van der Waals surface area contributed by atoms with E-state index >= 15 is 0 Å². The number of benzene rings is 3. The van der Waals surface area contributed by atoms with E-state index in [1.54, 1.807) is 25.1 Å². The highest BCUT2D eigenvalue weighted by Gasteiger charge is 2.42. The monoisotopic (exact) mass is 412 g/mol. The molecule has 3 aromatic rings. The Bertz CT molecular complexity index is 1150. The van der Waals surface area contributed by atoms with E-state index in [4.69, 9.17) is 4.74 Å². The molecule has 5 heteroatoms. The Kier molecular flexibility index (Phi) is 5.58. The third kappa shape index (κ3) is 3.59. The van der Waals surface area contributed by atoms with Crippen molar-refractivity contribution in [2.24, 2.45) is 0 Å². The van der Waals surface area contributed by atoms with Gasteiger partial charge in [-0.25, -0.2) is 4.90 Å². The summed E-state index contributed by atoms with van der Waals surface area (Å²) in [6.45, 7) is 2.06. The largest absolute Gasteiger partial charge is 0.496 e. The zero-order chi connectivity index (χ0) is 22.0. The second kappa shape index (κ2) is 8.48. The van der Waals surface area contributed by atoms with Gasteiger partial charge in [0.2, 0.25) is 0 Å². The summed E-state index contributed by atoms with van der Waals surface area (Å²) in [5.41, 5.74) is 3.75. The number of likely N-dealkylation sites (N-methyl/N-ethyl adjacent to an activating group) is 1. The van der Waals surface area contributed by atoms with Gasteiger partial charge in [0.1, 0.15) is 11.4 Å². The van der Waals surface area contributed by atoms with Crippen LogP contribution < -0.4 is 14.5 Å². The van der Waals surface area contributed by atoms with Gasteiger partial charge in [0.25, 0.3) is 11.8 Å². The van der Waals surface area contributed by atoms with Gasteiger partial charge in [-0.1, -0.05) is 55.5 Å². The Morgan fingerprint density at radius 1 is 0.839 bits per heavy atom. The lowest BCUT2D eigenvalue weighted by atomic mass is 10.0. The maximum Gasteiger partial charge on any atom is 0.282 e. The average molecular weight is 412 g/mol. The molecule has 0 bridgehead atoms. The zero-order valence-corrected chi connectivity index (χ0v) is 17.8. The van der Waals surface area contributed by atoms with Crippen LogP contribution in [0.4, 0.5) is 11.4 Å². The number of ether oxygens (including phenoxy) is 1. The molecule has 0 radical (unpaired) electrons. The molecule has 0 unspecified atom stereocenters. The maximum atomic E-state index is 13.7. The number of anilines is 2. The number of hydrogen-bond donors (Lipinski definition) is 0. The Morgan fingerprint density at radius 2 is 1.48 bits per heavy atom. The minimum Gasteiger partial charge on any atom is -0.496 e. The summed E-state index contributed by atoms with van der Waals surface area (Å²) >= 11 is 0. The lowest BCUT2D eigenvalue weighted by molar-refractivity contribution is -0.120. The first-order valence-corrected chi connectivity index (χ1v) is 10.2. The fourth-order valence-electron chi connectivity index (χ4n) is 3.82. The fourth-order valence-corrected chi connectivity index (χ4v) is 3.82. The lowest BCUT2D eigenvalue weighted by Gasteiger charge is -2.21. The standard InChI is InChI=1S/C26H24N2O3/c1-4-18-14-16-20(17-15-18)28-25(29)23(21-12-8-9-13-22(21)31-3)24(26(28)30)27(2)19-10-6-5-7-11-19/h5-17H,4H2,1-3H3. The molecule has 0 atom stereocenters. The van der Waals surface area contributed by atoms with Crippen molar-refractivity contribution >= 4 is 28.8 Å². The van der Waals surface area contributed by atoms with Crippen LogP contribution in [-0.4, -0.2) is 26.0 Å². The van der Waals surface area contributed by atoms with Gasteiger partial charge in [0, 0.05) is 18.3 Å². The van der Waals surface area contributed by atoms with E-state index in [2.05, 4.69) is 6.92 Å². The van der Waals surface area contributed by atoms with Crippen molar-refractivity contribution in [3.63, 3.8) is 0 Å². The third-order valence-electron chi connectivity index (χ3n) is 5.52. The first-order valence-electron chi connectivity index (χ1n) is 10.2. The van der Waals surface area contributed by atoms with Crippen LogP contribution >= 0.6 is 0 Å². The Balaban J connectivity index is 1.89. The summed E-state index contributed by atoms with van der Waals surface area (Å²) in [7, 11) is 3.36. The number of hydrogen-bond acceptors (Lipinski definition) is 4. The van der Waals surface area contributed by atoms with E-state index in [1.165, 1.54) is 4.90 Å². The van der Waals surface area contributed by atoms with Crippen LogP contribution in [0.1, 0.15) is 18.1 Å². The number of carbonyl (C=O) groups excluding carboxylic acids is 2. The van der Waals surface area contributed by atoms with Crippen LogP contribution in [0, 0.1) is 0 Å². The van der Waals surface area contributed by atoms with Crippen LogP contribution in [-0.2, 0) is 16.0 Å². The van der Waals surface area contributed by atoms with Gasteiger partial charge < -0.3 is 9.64 Å². The van der Waals surface area contributed by atoms with Gasteiger partial charge in [-0.05, 0) is 42.3 Å². The molecule has 5 nitrogen and oxygen atoms in total. The number of rotatable bonds is 6. The van der Waals surface area contributed by atoms with E-state index in [0.717, 1.165) is 17.7 Å². The van der Waals surface area contributed by atoms with Crippen LogP contribution in [0.2, 0.25) is 0 Å². The number of para-hydroxylation sites is 2. The molecule has 0 spiro atoms. The van der Waals surface area contributed by atoms with E-state index in [-0.39, 0.29) is 11.8 Å². The molecule has 2 amide bonds. The fraction of sp³-hybridized carbons (Fsp3) is 0.154. The number of methoxy groups -OCH3 is 1. The molecule has 0 N–H and O–H groups in total. The molecule has 1 aliphatic rings. The van der Waals surface area contributed by atoms with Gasteiger partial charge in [0.05, 0.1) is 18.4 Å². The number of aryl methyl sites for hydroxylation is 1. The van der Waals surface area contributed by atoms with Gasteiger partial charge in [0.15, 0.2) is 0 Å². The molecule has 0 saturated heterocycles. The second-order valence-corrected chi connectivity index (χ2v) is 7.28. The lowest BCUT2D eigenvalue weighted by Crippen LogP contribution is -2.34. The molecule has 1 aliphatic heterocycles. The molecule has 1 heterocycles. The molecule has 156 valence electrons. The summed E-state index contributed by atoms with van der Waals surface area (Å²) in [5, 5.41) is 0.